The van der Waals surface area contributed by atoms with Crippen molar-refractivity contribution in [2.75, 3.05) is 18.4 Å². The zero-order chi connectivity index (χ0) is 19.4. The maximum Gasteiger partial charge on any atom is 0.244 e. The number of rotatable bonds is 5. The summed E-state index contributed by atoms with van der Waals surface area (Å²) in [6.07, 6.45) is 3.90. The summed E-state index contributed by atoms with van der Waals surface area (Å²) in [6.45, 7) is 0.742. The fraction of sp³-hybridized carbons (Fsp3) is 0.375. The number of hydrogen-bond donors (Lipinski definition) is 1. The minimum Gasteiger partial charge on any atom is -0.324 e. The van der Waals surface area contributed by atoms with E-state index in [1.165, 1.54) is 33.4 Å². The summed E-state index contributed by atoms with van der Waals surface area (Å²) in [7, 11) is -3.73. The molecule has 0 aliphatic carbocycles. The van der Waals surface area contributed by atoms with Gasteiger partial charge in [0.05, 0.1) is 5.02 Å². The quantitative estimate of drug-likeness (QED) is 0.802. The van der Waals surface area contributed by atoms with Crippen LogP contribution in [0.25, 0.3) is 0 Å². The highest BCUT2D eigenvalue weighted by Gasteiger charge is 2.28. The van der Waals surface area contributed by atoms with Gasteiger partial charge in [-0.05, 0) is 31.0 Å². The van der Waals surface area contributed by atoms with Gasteiger partial charge in [-0.25, -0.2) is 8.42 Å². The Hall–Kier alpha value is -2.48. The number of benzene rings is 1. The van der Waals surface area contributed by atoms with Crippen LogP contribution in [0.3, 0.4) is 0 Å². The van der Waals surface area contributed by atoms with Crippen molar-refractivity contribution in [1.29, 1.82) is 5.26 Å². The van der Waals surface area contributed by atoms with Crippen molar-refractivity contribution in [2.24, 2.45) is 0 Å². The first-order valence-corrected chi connectivity index (χ1v) is 10.1. The molecule has 0 radical (unpaired) electrons. The lowest BCUT2D eigenvalue weighted by atomic mass is 10.2. The molecule has 1 amide bonds. The lowest BCUT2D eigenvalue weighted by Crippen LogP contribution is -2.35. The van der Waals surface area contributed by atoms with Crippen molar-refractivity contribution >= 4 is 33.2 Å². The minimum atomic E-state index is -3.73. The number of hydrogen-bond acceptors (Lipinski definition) is 6. The van der Waals surface area contributed by atoms with Crippen LogP contribution in [0.4, 0.5) is 5.69 Å². The summed E-state index contributed by atoms with van der Waals surface area (Å²) in [5.41, 5.74) is 0.298. The van der Waals surface area contributed by atoms with Crippen molar-refractivity contribution in [3.63, 3.8) is 0 Å². The average molecular weight is 409 g/mol. The Bertz CT molecular complexity index is 992. The Balaban J connectivity index is 1.79. The van der Waals surface area contributed by atoms with Gasteiger partial charge in [0.25, 0.3) is 0 Å². The van der Waals surface area contributed by atoms with Gasteiger partial charge in [0.2, 0.25) is 21.8 Å². The third-order valence-corrected chi connectivity index (χ3v) is 6.56. The zero-order valence-electron chi connectivity index (χ0n) is 14.3. The van der Waals surface area contributed by atoms with Crippen LogP contribution < -0.4 is 5.32 Å². The predicted molar refractivity (Wildman–Crippen MR) is 97.4 cm³/mol. The first-order valence-electron chi connectivity index (χ1n) is 8.29. The molecule has 2 heterocycles. The van der Waals surface area contributed by atoms with Crippen LogP contribution in [-0.4, -0.2) is 46.5 Å². The molecular formula is C16H17ClN6O3S. The van der Waals surface area contributed by atoms with Crippen LogP contribution >= 0.6 is 11.6 Å². The summed E-state index contributed by atoms with van der Waals surface area (Å²) in [4.78, 5) is 12.2. The fourth-order valence-corrected chi connectivity index (χ4v) is 4.85. The van der Waals surface area contributed by atoms with E-state index >= 15 is 0 Å². The number of sulfonamides is 1. The second-order valence-corrected chi connectivity index (χ2v) is 8.37. The van der Waals surface area contributed by atoms with Gasteiger partial charge in [-0.15, -0.1) is 10.2 Å². The highest BCUT2D eigenvalue weighted by molar-refractivity contribution is 7.89. The van der Waals surface area contributed by atoms with Crippen LogP contribution in [0.5, 0.6) is 0 Å². The third-order valence-electron chi connectivity index (χ3n) is 4.18. The SMILES string of the molecule is N#Cc1nncn1CC(=O)Nc1ccc(Cl)c(S(=O)(=O)N2CCCCC2)c1. The standard InChI is InChI=1S/C16H17ClN6O3S/c17-13-5-4-12(20-16(24)10-22-11-19-21-15(22)9-18)8-14(13)27(25,26)23-6-2-1-3-7-23/h4-5,8,11H,1-3,6-7,10H2,(H,20,24). The summed E-state index contributed by atoms with van der Waals surface area (Å²) in [6, 6.07) is 6.13. The maximum absolute atomic E-state index is 12.9. The smallest absolute Gasteiger partial charge is 0.244 e. The fourth-order valence-electron chi connectivity index (χ4n) is 2.84. The second-order valence-electron chi connectivity index (χ2n) is 6.05. The molecular weight excluding hydrogens is 392 g/mol. The van der Waals surface area contributed by atoms with Crippen molar-refractivity contribution in [1.82, 2.24) is 19.1 Å². The molecule has 1 aromatic carbocycles. The Labute approximate surface area is 161 Å². The van der Waals surface area contributed by atoms with Crippen LogP contribution in [0, 0.1) is 11.3 Å². The maximum atomic E-state index is 12.9. The second kappa shape index (κ2) is 8.04. The van der Waals surface area contributed by atoms with Gasteiger partial charge < -0.3 is 5.32 Å². The van der Waals surface area contributed by atoms with E-state index in [2.05, 4.69) is 15.5 Å². The molecule has 0 saturated carbocycles. The van der Waals surface area contributed by atoms with Crippen molar-refractivity contribution in [2.45, 2.75) is 30.7 Å². The topological polar surface area (TPSA) is 121 Å². The van der Waals surface area contributed by atoms with E-state index in [9.17, 15) is 13.2 Å². The Morgan fingerprint density at radius 2 is 2.04 bits per heavy atom. The van der Waals surface area contributed by atoms with Gasteiger partial charge in [0.1, 0.15) is 23.8 Å². The monoisotopic (exact) mass is 408 g/mol. The average Bonchev–Trinajstić information content (AvgIpc) is 3.11. The molecule has 1 aliphatic heterocycles. The molecule has 0 bridgehead atoms. The highest BCUT2D eigenvalue weighted by Crippen LogP contribution is 2.29. The van der Waals surface area contributed by atoms with Gasteiger partial charge in [-0.1, -0.05) is 18.0 Å². The largest absolute Gasteiger partial charge is 0.324 e. The van der Waals surface area contributed by atoms with E-state index in [0.717, 1.165) is 19.3 Å². The number of nitriles is 1. The number of anilines is 1. The summed E-state index contributed by atoms with van der Waals surface area (Å²) in [5, 5.41) is 18.8. The molecule has 27 heavy (non-hydrogen) atoms. The van der Waals surface area contributed by atoms with Crippen LogP contribution in [0.1, 0.15) is 25.1 Å². The highest BCUT2D eigenvalue weighted by atomic mass is 35.5. The number of aromatic nitrogens is 3. The molecule has 142 valence electrons. The Kier molecular flexibility index (Phi) is 5.74. The molecule has 1 aromatic heterocycles. The van der Waals surface area contributed by atoms with E-state index in [4.69, 9.17) is 16.9 Å². The molecule has 3 rings (SSSR count). The number of carbonyl (C=O) groups excluding carboxylic acids is 1. The Morgan fingerprint density at radius 3 is 2.74 bits per heavy atom. The summed E-state index contributed by atoms with van der Waals surface area (Å²) >= 11 is 6.12. The van der Waals surface area contributed by atoms with Crippen molar-refractivity contribution in [3.05, 3.63) is 35.4 Å². The lowest BCUT2D eigenvalue weighted by molar-refractivity contribution is -0.116. The van der Waals surface area contributed by atoms with Gasteiger partial charge in [0.15, 0.2) is 0 Å². The molecule has 1 N–H and O–H groups in total. The van der Waals surface area contributed by atoms with E-state index in [-0.39, 0.29) is 22.3 Å². The molecule has 0 atom stereocenters. The number of carbonyl (C=O) groups is 1. The molecule has 1 fully saturated rings. The molecule has 11 heteroatoms. The number of amides is 1. The molecule has 9 nitrogen and oxygen atoms in total. The third kappa shape index (κ3) is 4.27. The van der Waals surface area contributed by atoms with E-state index < -0.39 is 15.9 Å². The normalized spacial score (nSPS) is 15.3. The number of piperidine rings is 1. The lowest BCUT2D eigenvalue weighted by Gasteiger charge is -2.26. The van der Waals surface area contributed by atoms with Crippen LogP contribution in [0.2, 0.25) is 5.02 Å². The summed E-state index contributed by atoms with van der Waals surface area (Å²) in [5.74, 6) is -0.440. The van der Waals surface area contributed by atoms with E-state index in [0.29, 0.717) is 18.8 Å². The van der Waals surface area contributed by atoms with Crippen LogP contribution in [-0.2, 0) is 21.4 Å². The molecule has 2 aromatic rings. The molecule has 1 aliphatic rings. The minimum absolute atomic E-state index is 0.00891. The van der Waals surface area contributed by atoms with Crippen LogP contribution in [0.15, 0.2) is 29.4 Å². The molecule has 0 spiro atoms. The Morgan fingerprint density at radius 1 is 1.30 bits per heavy atom. The van der Waals surface area contributed by atoms with Crippen molar-refractivity contribution in [3.8, 4) is 6.07 Å². The molecule has 1 saturated heterocycles. The van der Waals surface area contributed by atoms with Gasteiger partial charge in [0, 0.05) is 18.8 Å². The number of halogens is 1. The van der Waals surface area contributed by atoms with Gasteiger partial charge in [-0.2, -0.15) is 9.57 Å². The van der Waals surface area contributed by atoms with E-state index in [1.807, 2.05) is 6.07 Å². The van der Waals surface area contributed by atoms with Crippen molar-refractivity contribution < 1.29 is 13.2 Å². The first kappa shape index (κ1) is 19.3. The first-order chi connectivity index (χ1) is 12.9. The predicted octanol–water partition coefficient (Wildman–Crippen LogP) is 1.62. The number of nitrogens with zero attached hydrogens (tertiary/aromatic N) is 5. The van der Waals surface area contributed by atoms with Gasteiger partial charge >= 0.3 is 0 Å². The van der Waals surface area contributed by atoms with Gasteiger partial charge in [-0.3, -0.25) is 9.36 Å². The summed E-state index contributed by atoms with van der Waals surface area (Å²) < 4.78 is 28.4. The zero-order valence-corrected chi connectivity index (χ0v) is 15.9. The van der Waals surface area contributed by atoms with E-state index in [1.54, 1.807) is 0 Å². The molecule has 0 unspecified atom stereocenters. The number of nitrogens with one attached hydrogen (secondary N) is 1.